The molecular formula is C16H15BrN4O3S. The molecule has 0 saturated heterocycles. The normalized spacial score (nSPS) is 10.5. The number of rotatable bonds is 6. The van der Waals surface area contributed by atoms with E-state index in [0.29, 0.717) is 27.8 Å². The molecule has 4 N–H and O–H groups in total. The van der Waals surface area contributed by atoms with E-state index in [1.807, 2.05) is 18.2 Å². The number of carbonyl (C=O) groups excluding carboxylic acids is 1. The number of halogens is 1. The minimum atomic E-state index is -0.272. The maximum Gasteiger partial charge on any atom is 0.262 e. The summed E-state index contributed by atoms with van der Waals surface area (Å²) < 4.78 is 12.6. The van der Waals surface area contributed by atoms with E-state index in [9.17, 15) is 4.79 Å². The fraction of sp³-hybridized carbons (Fsp3) is 0.125. The molecule has 1 aromatic heterocycles. The quantitative estimate of drug-likeness (QED) is 0.416. The Morgan fingerprint density at radius 3 is 2.76 bits per heavy atom. The molecule has 1 amide bonds. The first kappa shape index (κ1) is 17.5. The SMILES string of the molecule is COc1cc(NC(=O)COc2ccc(Br)cc2)cc2sc(NN)nc12. The van der Waals surface area contributed by atoms with E-state index < -0.39 is 0 Å². The van der Waals surface area contributed by atoms with E-state index in [1.165, 1.54) is 11.3 Å². The van der Waals surface area contributed by atoms with Gasteiger partial charge in [-0.2, -0.15) is 0 Å². The number of nitrogens with two attached hydrogens (primary N) is 1. The number of amides is 1. The van der Waals surface area contributed by atoms with Crippen molar-refractivity contribution >= 4 is 54.2 Å². The molecule has 0 saturated carbocycles. The highest BCUT2D eigenvalue weighted by atomic mass is 79.9. The van der Waals surface area contributed by atoms with E-state index in [4.69, 9.17) is 15.3 Å². The Kier molecular flexibility index (Phi) is 5.37. The summed E-state index contributed by atoms with van der Waals surface area (Å²) in [4.78, 5) is 16.4. The van der Waals surface area contributed by atoms with Crippen LogP contribution in [0.5, 0.6) is 11.5 Å². The van der Waals surface area contributed by atoms with Crippen molar-refractivity contribution < 1.29 is 14.3 Å². The van der Waals surface area contributed by atoms with Crippen molar-refractivity contribution in [3.05, 3.63) is 40.9 Å². The van der Waals surface area contributed by atoms with Crippen LogP contribution in [0.4, 0.5) is 10.8 Å². The van der Waals surface area contributed by atoms with Gasteiger partial charge in [-0.3, -0.25) is 10.2 Å². The molecule has 7 nitrogen and oxygen atoms in total. The lowest BCUT2D eigenvalue weighted by atomic mass is 10.2. The van der Waals surface area contributed by atoms with Gasteiger partial charge in [0.15, 0.2) is 11.7 Å². The molecule has 0 bridgehead atoms. The molecule has 0 aliphatic rings. The Morgan fingerprint density at radius 2 is 2.08 bits per heavy atom. The van der Waals surface area contributed by atoms with Crippen LogP contribution in [0.25, 0.3) is 10.2 Å². The number of benzene rings is 2. The highest BCUT2D eigenvalue weighted by Crippen LogP contribution is 2.35. The predicted molar refractivity (Wildman–Crippen MR) is 102 cm³/mol. The number of anilines is 2. The molecule has 3 aromatic rings. The van der Waals surface area contributed by atoms with Gasteiger partial charge in [-0.15, -0.1) is 0 Å². The number of fused-ring (bicyclic) bond motifs is 1. The van der Waals surface area contributed by atoms with E-state index in [2.05, 4.69) is 31.7 Å². The minimum absolute atomic E-state index is 0.0969. The number of methoxy groups -OCH3 is 1. The van der Waals surface area contributed by atoms with Crippen molar-refractivity contribution in [2.45, 2.75) is 0 Å². The van der Waals surface area contributed by atoms with Gasteiger partial charge in [0.1, 0.15) is 17.0 Å². The first-order valence-corrected chi connectivity index (χ1v) is 8.83. The van der Waals surface area contributed by atoms with Crippen molar-refractivity contribution in [2.24, 2.45) is 5.84 Å². The summed E-state index contributed by atoms with van der Waals surface area (Å²) in [6, 6.07) is 10.8. The van der Waals surface area contributed by atoms with E-state index >= 15 is 0 Å². The summed E-state index contributed by atoms with van der Waals surface area (Å²) in [6.45, 7) is -0.0969. The first-order valence-electron chi connectivity index (χ1n) is 7.22. The molecule has 2 aromatic carbocycles. The van der Waals surface area contributed by atoms with Crippen LogP contribution >= 0.6 is 27.3 Å². The smallest absolute Gasteiger partial charge is 0.262 e. The van der Waals surface area contributed by atoms with Gasteiger partial charge in [0, 0.05) is 16.2 Å². The van der Waals surface area contributed by atoms with Crippen molar-refractivity contribution in [3.8, 4) is 11.5 Å². The van der Waals surface area contributed by atoms with Crippen molar-refractivity contribution in [2.75, 3.05) is 24.5 Å². The lowest BCUT2D eigenvalue weighted by Gasteiger charge is -2.09. The zero-order chi connectivity index (χ0) is 17.8. The molecule has 130 valence electrons. The van der Waals surface area contributed by atoms with Crippen LogP contribution in [0.1, 0.15) is 0 Å². The summed E-state index contributed by atoms with van der Waals surface area (Å²) in [5.74, 6) is 6.30. The summed E-state index contributed by atoms with van der Waals surface area (Å²) in [7, 11) is 1.55. The van der Waals surface area contributed by atoms with E-state index in [1.54, 1.807) is 25.3 Å². The third-order valence-electron chi connectivity index (χ3n) is 3.27. The number of nitrogens with zero attached hydrogens (tertiary/aromatic N) is 1. The van der Waals surface area contributed by atoms with Crippen LogP contribution in [0, 0.1) is 0 Å². The number of nitrogens with one attached hydrogen (secondary N) is 2. The second kappa shape index (κ2) is 7.68. The monoisotopic (exact) mass is 422 g/mol. The number of nitrogen functional groups attached to an aromatic ring is 1. The first-order chi connectivity index (χ1) is 12.1. The number of hydrazine groups is 1. The summed E-state index contributed by atoms with van der Waals surface area (Å²) >= 11 is 4.71. The molecule has 0 spiro atoms. The Morgan fingerprint density at radius 1 is 1.32 bits per heavy atom. The number of aromatic nitrogens is 1. The van der Waals surface area contributed by atoms with Gasteiger partial charge < -0.3 is 14.8 Å². The topological polar surface area (TPSA) is 98.5 Å². The average Bonchev–Trinajstić information content (AvgIpc) is 3.03. The highest BCUT2D eigenvalue weighted by molar-refractivity contribution is 9.10. The number of ether oxygens (including phenoxy) is 2. The van der Waals surface area contributed by atoms with E-state index in [-0.39, 0.29) is 12.5 Å². The molecule has 9 heteroatoms. The second-order valence-electron chi connectivity index (χ2n) is 4.98. The minimum Gasteiger partial charge on any atom is -0.494 e. The third kappa shape index (κ3) is 4.19. The average molecular weight is 423 g/mol. The molecule has 0 aliphatic carbocycles. The summed E-state index contributed by atoms with van der Waals surface area (Å²) in [5, 5.41) is 3.36. The fourth-order valence-corrected chi connectivity index (χ4v) is 3.26. The number of thiazole rings is 1. The van der Waals surface area contributed by atoms with Crippen LogP contribution in [-0.4, -0.2) is 24.6 Å². The Bertz CT molecular complexity index is 898. The predicted octanol–water partition coefficient (Wildman–Crippen LogP) is 3.37. The van der Waals surface area contributed by atoms with Gasteiger partial charge in [0.2, 0.25) is 0 Å². The van der Waals surface area contributed by atoms with Crippen molar-refractivity contribution in [3.63, 3.8) is 0 Å². The fourth-order valence-electron chi connectivity index (χ4n) is 2.17. The van der Waals surface area contributed by atoms with Crippen LogP contribution < -0.4 is 26.1 Å². The molecule has 0 unspecified atom stereocenters. The summed E-state index contributed by atoms with van der Waals surface area (Å²) in [5.41, 5.74) is 3.79. The van der Waals surface area contributed by atoms with Gasteiger partial charge in [-0.05, 0) is 30.3 Å². The number of carbonyl (C=O) groups is 1. The second-order valence-corrected chi connectivity index (χ2v) is 6.93. The standard InChI is InChI=1S/C16H15BrN4O3S/c1-23-12-6-10(7-13-15(12)20-16(21-18)25-13)19-14(22)8-24-11-4-2-9(17)3-5-11/h2-7H,8,18H2,1H3,(H,19,22)(H,20,21). The Hall–Kier alpha value is -2.36. The van der Waals surface area contributed by atoms with Crippen molar-refractivity contribution in [1.29, 1.82) is 0 Å². The van der Waals surface area contributed by atoms with Crippen molar-refractivity contribution in [1.82, 2.24) is 4.98 Å². The third-order valence-corrected chi connectivity index (χ3v) is 4.73. The zero-order valence-electron chi connectivity index (χ0n) is 13.2. The van der Waals surface area contributed by atoms with Gasteiger partial charge in [0.05, 0.1) is 11.8 Å². The maximum absolute atomic E-state index is 12.1. The lowest BCUT2D eigenvalue weighted by molar-refractivity contribution is -0.118. The van der Waals surface area contributed by atoms with Crippen LogP contribution in [0.15, 0.2) is 40.9 Å². The van der Waals surface area contributed by atoms with Gasteiger partial charge in [-0.25, -0.2) is 10.8 Å². The molecule has 0 fully saturated rings. The largest absolute Gasteiger partial charge is 0.494 e. The molecule has 3 rings (SSSR count). The Balaban J connectivity index is 1.70. The lowest BCUT2D eigenvalue weighted by Crippen LogP contribution is -2.20. The van der Waals surface area contributed by atoms with Crippen LogP contribution in [-0.2, 0) is 4.79 Å². The maximum atomic E-state index is 12.1. The molecule has 25 heavy (non-hydrogen) atoms. The van der Waals surface area contributed by atoms with Gasteiger partial charge >= 0.3 is 0 Å². The summed E-state index contributed by atoms with van der Waals surface area (Å²) in [6.07, 6.45) is 0. The molecule has 0 aliphatic heterocycles. The zero-order valence-corrected chi connectivity index (χ0v) is 15.6. The number of hydrogen-bond acceptors (Lipinski definition) is 7. The van der Waals surface area contributed by atoms with E-state index in [0.717, 1.165) is 9.17 Å². The Labute approximate surface area is 156 Å². The number of hydrogen-bond donors (Lipinski definition) is 3. The van der Waals surface area contributed by atoms with Gasteiger partial charge in [-0.1, -0.05) is 27.3 Å². The molecule has 1 heterocycles. The highest BCUT2D eigenvalue weighted by Gasteiger charge is 2.12. The van der Waals surface area contributed by atoms with Gasteiger partial charge in [0.25, 0.3) is 5.91 Å². The molecular weight excluding hydrogens is 408 g/mol. The molecule has 0 atom stereocenters. The molecule has 0 radical (unpaired) electrons. The van der Waals surface area contributed by atoms with Crippen LogP contribution in [0.3, 0.4) is 0 Å². The van der Waals surface area contributed by atoms with Crippen LogP contribution in [0.2, 0.25) is 0 Å².